The van der Waals surface area contributed by atoms with Gasteiger partial charge in [-0.25, -0.2) is 0 Å². The molecule has 0 spiro atoms. The zero-order valence-corrected chi connectivity index (χ0v) is 9.58. The van der Waals surface area contributed by atoms with Gasteiger partial charge in [0.05, 0.1) is 11.8 Å². The van der Waals surface area contributed by atoms with Crippen LogP contribution in [-0.4, -0.2) is 15.4 Å². The Hall–Kier alpha value is -2.62. The molecule has 0 saturated heterocycles. The highest BCUT2D eigenvalue weighted by Gasteiger charge is 1.90. The Morgan fingerprint density at radius 2 is 1.72 bits per heavy atom. The third-order valence-electron chi connectivity index (χ3n) is 2.59. The molecule has 0 aliphatic heterocycles. The van der Waals surface area contributed by atoms with Crippen LogP contribution in [0.1, 0.15) is 0 Å². The van der Waals surface area contributed by atoms with Crippen molar-refractivity contribution in [3.8, 4) is 0 Å². The largest absolute Gasteiger partial charge is 0.464 e. The number of nitrogens with zero attached hydrogens (tertiary/aromatic N) is 2. The standard InChI is InChI=1S/C8H6O.C6H5N3/c1-2-4-8-7(3-1)5-6-9-8;1-2-4-6-5(3-1)7-9-8-6/h1-6H;1-4H,(H,7,8,9). The Labute approximate surface area is 103 Å². The maximum absolute atomic E-state index is 5.12. The minimum Gasteiger partial charge on any atom is -0.464 e. The van der Waals surface area contributed by atoms with Gasteiger partial charge in [0.1, 0.15) is 11.1 Å². The lowest BCUT2D eigenvalue weighted by atomic mass is 10.3. The van der Waals surface area contributed by atoms with Crippen molar-refractivity contribution in [2.45, 2.75) is 0 Å². The highest BCUT2D eigenvalue weighted by atomic mass is 16.3. The summed E-state index contributed by atoms with van der Waals surface area (Å²) >= 11 is 0. The molecule has 0 aliphatic carbocycles. The highest BCUT2D eigenvalue weighted by Crippen LogP contribution is 2.12. The monoisotopic (exact) mass is 237 g/mol. The summed E-state index contributed by atoms with van der Waals surface area (Å²) in [4.78, 5) is 0. The summed E-state index contributed by atoms with van der Waals surface area (Å²) in [5, 5.41) is 11.4. The number of hydrogen-bond donors (Lipinski definition) is 1. The van der Waals surface area contributed by atoms with Crippen molar-refractivity contribution in [1.82, 2.24) is 15.4 Å². The van der Waals surface area contributed by atoms with E-state index in [1.54, 1.807) is 6.26 Å². The number of furan rings is 1. The van der Waals surface area contributed by atoms with E-state index >= 15 is 0 Å². The van der Waals surface area contributed by atoms with Crippen LogP contribution in [0.5, 0.6) is 0 Å². The van der Waals surface area contributed by atoms with E-state index in [1.807, 2.05) is 54.6 Å². The molecule has 0 fully saturated rings. The average Bonchev–Trinajstić information content (AvgIpc) is 3.08. The van der Waals surface area contributed by atoms with Crippen molar-refractivity contribution in [1.29, 1.82) is 0 Å². The lowest BCUT2D eigenvalue weighted by molar-refractivity contribution is 0.616. The first-order valence-electron chi connectivity index (χ1n) is 5.61. The van der Waals surface area contributed by atoms with Crippen molar-refractivity contribution in [3.63, 3.8) is 0 Å². The first-order valence-corrected chi connectivity index (χ1v) is 5.61. The molecular formula is C14H11N3O. The summed E-state index contributed by atoms with van der Waals surface area (Å²) in [6.07, 6.45) is 1.70. The predicted molar refractivity (Wildman–Crippen MR) is 70.1 cm³/mol. The minimum atomic E-state index is 0.914. The van der Waals surface area contributed by atoms with Gasteiger partial charge < -0.3 is 4.42 Å². The van der Waals surface area contributed by atoms with Crippen molar-refractivity contribution < 1.29 is 4.42 Å². The molecule has 0 radical (unpaired) electrons. The fraction of sp³-hybridized carbons (Fsp3) is 0. The van der Waals surface area contributed by atoms with E-state index < -0.39 is 0 Å². The molecule has 0 unspecified atom stereocenters. The lowest BCUT2D eigenvalue weighted by Gasteiger charge is -1.81. The molecule has 2 aromatic carbocycles. The van der Waals surface area contributed by atoms with E-state index in [2.05, 4.69) is 15.4 Å². The third kappa shape index (κ3) is 2.08. The molecule has 88 valence electrons. The number of fused-ring (bicyclic) bond motifs is 2. The van der Waals surface area contributed by atoms with E-state index in [0.717, 1.165) is 22.0 Å². The minimum absolute atomic E-state index is 0.914. The molecule has 4 heteroatoms. The lowest BCUT2D eigenvalue weighted by Crippen LogP contribution is -1.63. The zero-order valence-electron chi connectivity index (χ0n) is 9.58. The Balaban J connectivity index is 0.000000111. The molecule has 4 rings (SSSR count). The molecule has 2 heterocycles. The number of aromatic amines is 1. The van der Waals surface area contributed by atoms with E-state index in [-0.39, 0.29) is 0 Å². The van der Waals surface area contributed by atoms with Crippen LogP contribution in [0.3, 0.4) is 0 Å². The van der Waals surface area contributed by atoms with Crippen LogP contribution in [0.15, 0.2) is 65.3 Å². The maximum Gasteiger partial charge on any atom is 0.133 e. The van der Waals surface area contributed by atoms with Crippen molar-refractivity contribution in [2.75, 3.05) is 0 Å². The van der Waals surface area contributed by atoms with E-state index in [4.69, 9.17) is 4.42 Å². The first-order chi connectivity index (χ1) is 8.93. The van der Waals surface area contributed by atoms with Gasteiger partial charge in [0.25, 0.3) is 0 Å². The zero-order chi connectivity index (χ0) is 12.2. The summed E-state index contributed by atoms with van der Waals surface area (Å²) in [5.74, 6) is 0. The quantitative estimate of drug-likeness (QED) is 0.510. The van der Waals surface area contributed by atoms with Gasteiger partial charge in [-0.15, -0.1) is 5.10 Å². The van der Waals surface area contributed by atoms with E-state index in [0.29, 0.717) is 0 Å². The molecular weight excluding hydrogens is 226 g/mol. The van der Waals surface area contributed by atoms with Gasteiger partial charge >= 0.3 is 0 Å². The Morgan fingerprint density at radius 1 is 0.889 bits per heavy atom. The van der Waals surface area contributed by atoms with Crippen LogP contribution in [0.4, 0.5) is 0 Å². The van der Waals surface area contributed by atoms with Gasteiger partial charge in [-0.05, 0) is 24.3 Å². The van der Waals surface area contributed by atoms with Gasteiger partial charge in [0.15, 0.2) is 0 Å². The molecule has 0 amide bonds. The number of aromatic nitrogens is 3. The Bertz CT molecular complexity index is 631. The molecule has 0 atom stereocenters. The van der Waals surface area contributed by atoms with Crippen LogP contribution in [0.2, 0.25) is 0 Å². The number of H-pyrrole nitrogens is 1. The average molecular weight is 237 g/mol. The number of rotatable bonds is 0. The molecule has 0 aliphatic rings. The number of nitrogens with one attached hydrogen (secondary N) is 1. The van der Waals surface area contributed by atoms with Crippen LogP contribution >= 0.6 is 0 Å². The van der Waals surface area contributed by atoms with Crippen LogP contribution in [0.25, 0.3) is 22.0 Å². The molecule has 1 N–H and O–H groups in total. The summed E-state index contributed by atoms with van der Waals surface area (Å²) in [5.41, 5.74) is 2.85. The van der Waals surface area contributed by atoms with Gasteiger partial charge in [0, 0.05) is 5.39 Å². The molecule has 0 saturated carbocycles. The summed E-state index contributed by atoms with van der Waals surface area (Å²) in [6, 6.07) is 17.6. The molecule has 2 aromatic heterocycles. The fourth-order valence-electron chi connectivity index (χ4n) is 1.69. The van der Waals surface area contributed by atoms with Crippen LogP contribution in [-0.2, 0) is 0 Å². The van der Waals surface area contributed by atoms with E-state index in [9.17, 15) is 0 Å². The normalized spacial score (nSPS) is 10.2. The van der Waals surface area contributed by atoms with E-state index in [1.165, 1.54) is 0 Å². The third-order valence-corrected chi connectivity index (χ3v) is 2.59. The highest BCUT2D eigenvalue weighted by molar-refractivity contribution is 5.76. The second-order valence-electron chi connectivity index (χ2n) is 3.79. The summed E-state index contributed by atoms with van der Waals surface area (Å²) in [7, 11) is 0. The SMILES string of the molecule is c1ccc2[nH]nnc2c1.c1ccc2occc2c1. The predicted octanol–water partition coefficient (Wildman–Crippen LogP) is 3.39. The number of hydrogen-bond acceptors (Lipinski definition) is 3. The second-order valence-corrected chi connectivity index (χ2v) is 3.79. The topological polar surface area (TPSA) is 54.7 Å². The molecule has 0 bridgehead atoms. The fourth-order valence-corrected chi connectivity index (χ4v) is 1.69. The van der Waals surface area contributed by atoms with Crippen molar-refractivity contribution in [2.24, 2.45) is 0 Å². The van der Waals surface area contributed by atoms with Gasteiger partial charge in [-0.3, -0.25) is 5.10 Å². The second kappa shape index (κ2) is 4.71. The Morgan fingerprint density at radius 3 is 2.61 bits per heavy atom. The maximum atomic E-state index is 5.12. The first kappa shape index (κ1) is 10.5. The summed E-state index contributed by atoms with van der Waals surface area (Å²) in [6.45, 7) is 0. The van der Waals surface area contributed by atoms with Crippen molar-refractivity contribution >= 4 is 22.0 Å². The summed E-state index contributed by atoms with van der Waals surface area (Å²) < 4.78 is 5.12. The number of benzene rings is 2. The molecule has 4 nitrogen and oxygen atoms in total. The van der Waals surface area contributed by atoms with Gasteiger partial charge in [-0.2, -0.15) is 0 Å². The molecule has 4 aromatic rings. The van der Waals surface area contributed by atoms with Crippen LogP contribution in [0, 0.1) is 0 Å². The van der Waals surface area contributed by atoms with Crippen molar-refractivity contribution in [3.05, 3.63) is 60.9 Å². The smallest absolute Gasteiger partial charge is 0.133 e. The van der Waals surface area contributed by atoms with Crippen LogP contribution < -0.4 is 0 Å². The van der Waals surface area contributed by atoms with Gasteiger partial charge in [-0.1, -0.05) is 35.5 Å². The molecule has 18 heavy (non-hydrogen) atoms. The Kier molecular flexibility index (Phi) is 2.75. The van der Waals surface area contributed by atoms with Gasteiger partial charge in [0.2, 0.25) is 0 Å². The number of para-hydroxylation sites is 2.